The maximum atomic E-state index is 12.0. The molecule has 4 nitrogen and oxygen atoms in total. The lowest BCUT2D eigenvalue weighted by atomic mass is 9.90. The molecule has 1 aliphatic rings. The summed E-state index contributed by atoms with van der Waals surface area (Å²) >= 11 is 11.9. The average Bonchev–Trinajstić information content (AvgIpc) is 2.80. The van der Waals surface area contributed by atoms with Gasteiger partial charge in [-0.15, -0.1) is 0 Å². The number of carbonyl (C=O) groups is 1. The van der Waals surface area contributed by atoms with Gasteiger partial charge in [-0.05, 0) is 24.1 Å². The van der Waals surface area contributed by atoms with Crippen molar-refractivity contribution in [3.63, 3.8) is 0 Å². The third kappa shape index (κ3) is 3.20. The molecule has 2 N–H and O–H groups in total. The van der Waals surface area contributed by atoms with Crippen molar-refractivity contribution in [2.45, 2.75) is 24.5 Å². The maximum absolute atomic E-state index is 12.0. The van der Waals surface area contributed by atoms with Gasteiger partial charge < -0.3 is 15.2 Å². The van der Waals surface area contributed by atoms with Crippen molar-refractivity contribution < 1.29 is 14.6 Å². The number of hydrogen-bond donors (Lipinski definition) is 2. The van der Waals surface area contributed by atoms with Crippen LogP contribution in [0.3, 0.4) is 0 Å². The Kier molecular flexibility index (Phi) is 4.68. The van der Waals surface area contributed by atoms with Crippen LogP contribution >= 0.6 is 23.2 Å². The molecule has 1 unspecified atom stereocenters. The summed E-state index contributed by atoms with van der Waals surface area (Å²) in [5.74, 6) is -0.859. The molecule has 104 valence electrons. The highest BCUT2D eigenvalue weighted by molar-refractivity contribution is 6.42. The van der Waals surface area contributed by atoms with E-state index in [1.165, 1.54) is 7.11 Å². The van der Waals surface area contributed by atoms with Crippen molar-refractivity contribution in [3.8, 4) is 0 Å². The van der Waals surface area contributed by atoms with E-state index in [2.05, 4.69) is 5.32 Å². The Balaban J connectivity index is 2.31. The molecule has 1 fully saturated rings. The Morgan fingerprint density at radius 3 is 2.74 bits per heavy atom. The van der Waals surface area contributed by atoms with Crippen LogP contribution in [0.4, 0.5) is 0 Å². The summed E-state index contributed by atoms with van der Waals surface area (Å²) in [5.41, 5.74) is 0.729. The van der Waals surface area contributed by atoms with Gasteiger partial charge in [-0.2, -0.15) is 0 Å². The molecule has 1 aromatic rings. The molecule has 1 heterocycles. The number of aliphatic hydroxyl groups is 1. The van der Waals surface area contributed by atoms with E-state index in [4.69, 9.17) is 27.9 Å². The van der Waals surface area contributed by atoms with Gasteiger partial charge in [0, 0.05) is 12.6 Å². The number of benzene rings is 1. The number of nitrogens with one attached hydrogen (secondary N) is 1. The molecule has 0 spiro atoms. The first-order chi connectivity index (χ1) is 9.02. The minimum Gasteiger partial charge on any atom is -0.469 e. The van der Waals surface area contributed by atoms with Gasteiger partial charge in [0.05, 0.1) is 29.2 Å². The van der Waals surface area contributed by atoms with E-state index in [0.29, 0.717) is 23.0 Å². The molecule has 0 saturated carbocycles. The van der Waals surface area contributed by atoms with Crippen LogP contribution in [-0.2, 0) is 9.53 Å². The summed E-state index contributed by atoms with van der Waals surface area (Å²) in [4.78, 5) is 12.0. The second-order valence-corrected chi connectivity index (χ2v) is 5.39. The topological polar surface area (TPSA) is 58.6 Å². The number of rotatable bonds is 3. The van der Waals surface area contributed by atoms with Crippen molar-refractivity contribution in [2.24, 2.45) is 0 Å². The second kappa shape index (κ2) is 6.09. The molecule has 1 aliphatic heterocycles. The number of esters is 1. The van der Waals surface area contributed by atoms with Gasteiger partial charge in [-0.25, -0.2) is 0 Å². The van der Waals surface area contributed by atoms with E-state index < -0.39 is 12.0 Å². The van der Waals surface area contributed by atoms with Gasteiger partial charge in [0.15, 0.2) is 0 Å². The first-order valence-corrected chi connectivity index (χ1v) is 6.72. The Labute approximate surface area is 121 Å². The lowest BCUT2D eigenvalue weighted by Gasteiger charge is -2.22. The van der Waals surface area contributed by atoms with E-state index in [-0.39, 0.29) is 12.0 Å². The summed E-state index contributed by atoms with van der Waals surface area (Å²) in [6.07, 6.45) is 0.0555. The lowest BCUT2D eigenvalue weighted by Crippen LogP contribution is -2.34. The molecule has 0 radical (unpaired) electrons. The summed E-state index contributed by atoms with van der Waals surface area (Å²) in [5, 5.41) is 13.5. The third-order valence-corrected chi connectivity index (χ3v) is 4.04. The van der Waals surface area contributed by atoms with Crippen molar-refractivity contribution in [1.82, 2.24) is 5.32 Å². The normalized spacial score (nSPS) is 24.2. The molecule has 0 aliphatic carbocycles. The number of aliphatic hydroxyl groups excluding tert-OH is 1. The largest absolute Gasteiger partial charge is 0.469 e. The van der Waals surface area contributed by atoms with Crippen LogP contribution in [0.2, 0.25) is 10.0 Å². The predicted octanol–water partition coefficient (Wildman–Crippen LogP) is 1.97. The summed E-state index contributed by atoms with van der Waals surface area (Å²) in [6, 6.07) is 4.90. The highest BCUT2D eigenvalue weighted by atomic mass is 35.5. The van der Waals surface area contributed by atoms with Crippen molar-refractivity contribution in [3.05, 3.63) is 33.8 Å². The van der Waals surface area contributed by atoms with Crippen LogP contribution in [-0.4, -0.2) is 36.9 Å². The summed E-state index contributed by atoms with van der Waals surface area (Å²) < 4.78 is 4.85. The van der Waals surface area contributed by atoms with E-state index in [1.54, 1.807) is 18.2 Å². The van der Waals surface area contributed by atoms with Gasteiger partial charge in [0.1, 0.15) is 0 Å². The highest BCUT2D eigenvalue weighted by Crippen LogP contribution is 2.31. The Morgan fingerprint density at radius 2 is 2.21 bits per heavy atom. The van der Waals surface area contributed by atoms with E-state index >= 15 is 0 Å². The predicted molar refractivity (Wildman–Crippen MR) is 73.6 cm³/mol. The number of halogens is 2. The van der Waals surface area contributed by atoms with Gasteiger partial charge >= 0.3 is 5.97 Å². The minimum atomic E-state index is -0.503. The molecule has 19 heavy (non-hydrogen) atoms. The fourth-order valence-corrected chi connectivity index (χ4v) is 2.67. The Morgan fingerprint density at radius 1 is 1.47 bits per heavy atom. The third-order valence-electron chi connectivity index (χ3n) is 3.30. The molecule has 1 saturated heterocycles. The molecule has 6 heteroatoms. The number of β-amino-alcohol motifs (C(OH)–C–C–N with tert-alkyl or cyclic N) is 1. The van der Waals surface area contributed by atoms with Crippen molar-refractivity contribution in [1.29, 1.82) is 0 Å². The summed E-state index contributed by atoms with van der Waals surface area (Å²) in [7, 11) is 1.35. The van der Waals surface area contributed by atoms with Crippen LogP contribution in [0.5, 0.6) is 0 Å². The standard InChI is InChI=1S/C13H15Cl2NO3/c1-19-13(18)12(11-5-8(17)6-16-11)7-2-3-9(14)10(15)4-7/h2-4,8,11-12,16-17H,5-6H2,1H3/t8-,11+,12?/m1/s1. The molecule has 2 rings (SSSR count). The molecule has 3 atom stereocenters. The van der Waals surface area contributed by atoms with Gasteiger partial charge in [0.25, 0.3) is 0 Å². The molecule has 1 aromatic carbocycles. The summed E-state index contributed by atoms with van der Waals surface area (Å²) in [6.45, 7) is 0.472. The van der Waals surface area contributed by atoms with E-state index in [9.17, 15) is 9.90 Å². The minimum absolute atomic E-state index is 0.167. The molecular formula is C13H15Cl2NO3. The van der Waals surface area contributed by atoms with Gasteiger partial charge in [0.2, 0.25) is 0 Å². The zero-order valence-electron chi connectivity index (χ0n) is 10.4. The first kappa shape index (κ1) is 14.6. The number of methoxy groups -OCH3 is 1. The zero-order chi connectivity index (χ0) is 14.0. The average molecular weight is 304 g/mol. The second-order valence-electron chi connectivity index (χ2n) is 4.58. The SMILES string of the molecule is COC(=O)C(c1ccc(Cl)c(Cl)c1)[C@@H]1C[C@@H](O)CN1. The van der Waals surface area contributed by atoms with Crippen molar-refractivity contribution >= 4 is 29.2 Å². The van der Waals surface area contributed by atoms with Crippen LogP contribution in [0.15, 0.2) is 18.2 Å². The van der Waals surface area contributed by atoms with Gasteiger partial charge in [-0.3, -0.25) is 4.79 Å². The maximum Gasteiger partial charge on any atom is 0.314 e. The Bertz CT molecular complexity index is 481. The van der Waals surface area contributed by atoms with Crippen LogP contribution in [0.1, 0.15) is 17.9 Å². The quantitative estimate of drug-likeness (QED) is 0.838. The molecule has 0 amide bonds. The Hall–Kier alpha value is -0.810. The smallest absolute Gasteiger partial charge is 0.314 e. The zero-order valence-corrected chi connectivity index (χ0v) is 11.9. The van der Waals surface area contributed by atoms with Crippen molar-refractivity contribution in [2.75, 3.05) is 13.7 Å². The molecular weight excluding hydrogens is 289 g/mol. The lowest BCUT2D eigenvalue weighted by molar-refractivity contribution is -0.143. The van der Waals surface area contributed by atoms with Crippen LogP contribution in [0.25, 0.3) is 0 Å². The first-order valence-electron chi connectivity index (χ1n) is 5.97. The van der Waals surface area contributed by atoms with E-state index in [1.807, 2.05) is 0 Å². The van der Waals surface area contributed by atoms with E-state index in [0.717, 1.165) is 5.56 Å². The van der Waals surface area contributed by atoms with Crippen LogP contribution in [0, 0.1) is 0 Å². The molecule has 0 aromatic heterocycles. The highest BCUT2D eigenvalue weighted by Gasteiger charge is 2.36. The number of hydrogen-bond acceptors (Lipinski definition) is 4. The fraction of sp³-hybridized carbons (Fsp3) is 0.462. The molecule has 0 bridgehead atoms. The fourth-order valence-electron chi connectivity index (χ4n) is 2.37. The monoisotopic (exact) mass is 303 g/mol. The number of carbonyl (C=O) groups excluding carboxylic acids is 1. The van der Waals surface area contributed by atoms with Crippen LogP contribution < -0.4 is 5.32 Å². The van der Waals surface area contributed by atoms with Gasteiger partial charge in [-0.1, -0.05) is 29.3 Å². The number of ether oxygens (including phenoxy) is 1.